The van der Waals surface area contributed by atoms with E-state index in [0.29, 0.717) is 11.6 Å². The van der Waals surface area contributed by atoms with Gasteiger partial charge in [-0.15, -0.1) is 23.1 Å². The zero-order valence-electron chi connectivity index (χ0n) is 19.1. The van der Waals surface area contributed by atoms with Crippen LogP contribution in [0.3, 0.4) is 0 Å². The SMILES string of the molecule is CCCc1sc(NC(=O)CCCSc2ccc(F)cc2)nc1-c1ccc(-c2ccccc2)cc1. The van der Waals surface area contributed by atoms with Crippen molar-refractivity contribution in [3.63, 3.8) is 0 Å². The van der Waals surface area contributed by atoms with Gasteiger partial charge in [-0.25, -0.2) is 9.37 Å². The van der Waals surface area contributed by atoms with Crippen molar-refractivity contribution in [2.45, 2.75) is 37.5 Å². The molecule has 6 heteroatoms. The Bertz CT molecular complexity index is 1210. The summed E-state index contributed by atoms with van der Waals surface area (Å²) >= 11 is 3.19. The molecule has 0 radical (unpaired) electrons. The van der Waals surface area contributed by atoms with E-state index in [1.807, 2.05) is 18.2 Å². The number of hydrogen-bond donors (Lipinski definition) is 1. The number of aryl methyl sites for hydroxylation is 1. The molecule has 174 valence electrons. The maximum atomic E-state index is 13.0. The van der Waals surface area contributed by atoms with Crippen molar-refractivity contribution >= 4 is 34.1 Å². The third kappa shape index (κ3) is 6.55. The third-order valence-corrected chi connectivity index (χ3v) is 7.45. The summed E-state index contributed by atoms with van der Waals surface area (Å²) in [7, 11) is 0. The zero-order chi connectivity index (χ0) is 23.8. The van der Waals surface area contributed by atoms with Crippen LogP contribution in [-0.2, 0) is 11.2 Å². The molecule has 4 aromatic rings. The molecule has 0 unspecified atom stereocenters. The average molecular weight is 491 g/mol. The van der Waals surface area contributed by atoms with Crippen LogP contribution in [0, 0.1) is 5.82 Å². The van der Waals surface area contributed by atoms with Crippen LogP contribution in [0.1, 0.15) is 31.1 Å². The minimum absolute atomic E-state index is 0.0255. The fourth-order valence-electron chi connectivity index (χ4n) is 3.61. The molecular weight excluding hydrogens is 463 g/mol. The fourth-order valence-corrected chi connectivity index (χ4v) is 5.57. The number of nitrogens with zero attached hydrogens (tertiary/aromatic N) is 1. The van der Waals surface area contributed by atoms with Gasteiger partial charge >= 0.3 is 0 Å². The lowest BCUT2D eigenvalue weighted by molar-refractivity contribution is -0.116. The number of anilines is 1. The Hall–Kier alpha value is -2.96. The number of nitrogens with one attached hydrogen (secondary N) is 1. The first-order valence-corrected chi connectivity index (χ1v) is 13.3. The summed E-state index contributed by atoms with van der Waals surface area (Å²) in [5.41, 5.74) is 4.37. The standard InChI is InChI=1S/C28H27FN2OS2/c1-2-7-25-27(22-13-11-21(12-14-22)20-8-4-3-5-9-20)31-28(34-25)30-26(32)10-6-19-33-24-17-15-23(29)16-18-24/h3-5,8-9,11-18H,2,6-7,10,19H2,1H3,(H,30,31,32). The predicted molar refractivity (Wildman–Crippen MR) is 142 cm³/mol. The van der Waals surface area contributed by atoms with Crippen LogP contribution in [0.4, 0.5) is 9.52 Å². The molecular formula is C28H27FN2OS2. The number of amides is 1. The zero-order valence-corrected chi connectivity index (χ0v) is 20.7. The van der Waals surface area contributed by atoms with Crippen LogP contribution < -0.4 is 5.32 Å². The van der Waals surface area contributed by atoms with E-state index >= 15 is 0 Å². The number of carbonyl (C=O) groups excluding carboxylic acids is 1. The molecule has 0 atom stereocenters. The average Bonchev–Trinajstić information content (AvgIpc) is 3.26. The van der Waals surface area contributed by atoms with Crippen LogP contribution in [0.5, 0.6) is 0 Å². The van der Waals surface area contributed by atoms with E-state index in [9.17, 15) is 9.18 Å². The Kier molecular flexibility index (Phi) is 8.50. The first-order valence-electron chi connectivity index (χ1n) is 11.5. The highest BCUT2D eigenvalue weighted by Gasteiger charge is 2.15. The quantitative estimate of drug-likeness (QED) is 0.180. The maximum Gasteiger partial charge on any atom is 0.226 e. The first kappa shape index (κ1) is 24.2. The van der Waals surface area contributed by atoms with Gasteiger partial charge in [0.25, 0.3) is 0 Å². The second kappa shape index (κ2) is 12.0. The van der Waals surface area contributed by atoms with Gasteiger partial charge in [0.15, 0.2) is 5.13 Å². The summed E-state index contributed by atoms with van der Waals surface area (Å²) in [5.74, 6) is 0.542. The summed E-state index contributed by atoms with van der Waals surface area (Å²) in [5, 5.41) is 3.64. The minimum Gasteiger partial charge on any atom is -0.302 e. The van der Waals surface area contributed by atoms with Crippen molar-refractivity contribution in [1.29, 1.82) is 0 Å². The molecule has 0 saturated heterocycles. The number of benzene rings is 3. The number of aromatic nitrogens is 1. The highest BCUT2D eigenvalue weighted by Crippen LogP contribution is 2.33. The van der Waals surface area contributed by atoms with Crippen LogP contribution in [-0.4, -0.2) is 16.6 Å². The number of carbonyl (C=O) groups is 1. The number of rotatable bonds is 10. The van der Waals surface area contributed by atoms with Gasteiger partial charge in [0.2, 0.25) is 5.91 Å². The number of hydrogen-bond acceptors (Lipinski definition) is 4. The van der Waals surface area contributed by atoms with Crippen molar-refractivity contribution in [2.24, 2.45) is 0 Å². The summed E-state index contributed by atoms with van der Waals surface area (Å²) in [6.07, 6.45) is 3.12. The first-order chi connectivity index (χ1) is 16.6. The highest BCUT2D eigenvalue weighted by molar-refractivity contribution is 7.99. The third-order valence-electron chi connectivity index (χ3n) is 5.32. The summed E-state index contributed by atoms with van der Waals surface area (Å²) in [6.45, 7) is 2.15. The molecule has 1 heterocycles. The molecule has 1 N–H and O–H groups in total. The molecule has 0 aliphatic rings. The second-order valence-electron chi connectivity index (χ2n) is 7.94. The Morgan fingerprint density at radius 2 is 1.62 bits per heavy atom. The molecule has 0 spiro atoms. The molecule has 34 heavy (non-hydrogen) atoms. The lowest BCUT2D eigenvalue weighted by Gasteiger charge is -2.05. The smallest absolute Gasteiger partial charge is 0.226 e. The Morgan fingerprint density at radius 1 is 0.941 bits per heavy atom. The van der Waals surface area contributed by atoms with E-state index in [4.69, 9.17) is 4.98 Å². The molecule has 0 aliphatic carbocycles. The molecule has 0 fully saturated rings. The van der Waals surface area contributed by atoms with E-state index in [-0.39, 0.29) is 11.7 Å². The van der Waals surface area contributed by atoms with E-state index in [0.717, 1.165) is 41.2 Å². The van der Waals surface area contributed by atoms with E-state index < -0.39 is 0 Å². The summed E-state index contributed by atoms with van der Waals surface area (Å²) in [4.78, 5) is 19.5. The van der Waals surface area contributed by atoms with E-state index in [2.05, 4.69) is 48.6 Å². The Morgan fingerprint density at radius 3 is 2.32 bits per heavy atom. The van der Waals surface area contributed by atoms with Gasteiger partial charge in [0.05, 0.1) is 5.69 Å². The number of thioether (sulfide) groups is 1. The Labute approximate surface area is 208 Å². The fraction of sp³-hybridized carbons (Fsp3) is 0.214. The van der Waals surface area contributed by atoms with Gasteiger partial charge in [-0.05, 0) is 54.0 Å². The van der Waals surface area contributed by atoms with E-state index in [1.54, 1.807) is 35.2 Å². The predicted octanol–water partition coefficient (Wildman–Crippen LogP) is 8.08. The normalized spacial score (nSPS) is 10.9. The van der Waals surface area contributed by atoms with Crippen LogP contribution in [0.25, 0.3) is 22.4 Å². The number of thiazole rings is 1. The van der Waals surface area contributed by atoms with Crippen LogP contribution >= 0.6 is 23.1 Å². The van der Waals surface area contributed by atoms with Crippen molar-refractivity contribution in [1.82, 2.24) is 4.98 Å². The van der Waals surface area contributed by atoms with Gasteiger partial charge < -0.3 is 5.32 Å². The summed E-state index contributed by atoms with van der Waals surface area (Å²) in [6, 6.07) is 25.2. The highest BCUT2D eigenvalue weighted by atomic mass is 32.2. The van der Waals surface area contributed by atoms with Gasteiger partial charge in [0, 0.05) is 21.8 Å². The van der Waals surface area contributed by atoms with Gasteiger partial charge in [-0.2, -0.15) is 0 Å². The molecule has 0 bridgehead atoms. The van der Waals surface area contributed by atoms with Gasteiger partial charge in [-0.1, -0.05) is 67.9 Å². The number of halogens is 1. The summed E-state index contributed by atoms with van der Waals surface area (Å²) < 4.78 is 13.0. The topological polar surface area (TPSA) is 42.0 Å². The molecule has 3 aromatic carbocycles. The van der Waals surface area contributed by atoms with E-state index in [1.165, 1.54) is 28.1 Å². The van der Waals surface area contributed by atoms with Gasteiger partial charge in [0.1, 0.15) is 5.82 Å². The lowest BCUT2D eigenvalue weighted by Crippen LogP contribution is -2.11. The molecule has 0 saturated carbocycles. The molecule has 1 aromatic heterocycles. The molecule has 3 nitrogen and oxygen atoms in total. The van der Waals surface area contributed by atoms with Crippen molar-refractivity contribution in [3.8, 4) is 22.4 Å². The second-order valence-corrected chi connectivity index (χ2v) is 10.2. The van der Waals surface area contributed by atoms with Crippen molar-refractivity contribution in [2.75, 3.05) is 11.1 Å². The largest absolute Gasteiger partial charge is 0.302 e. The molecule has 4 rings (SSSR count). The van der Waals surface area contributed by atoms with Crippen LogP contribution in [0.2, 0.25) is 0 Å². The maximum absolute atomic E-state index is 13.0. The molecule has 1 amide bonds. The minimum atomic E-state index is -0.235. The molecule has 0 aliphatic heterocycles. The Balaban J connectivity index is 1.36. The lowest BCUT2D eigenvalue weighted by atomic mass is 10.0. The monoisotopic (exact) mass is 490 g/mol. The van der Waals surface area contributed by atoms with Crippen molar-refractivity contribution in [3.05, 3.63) is 89.6 Å². The van der Waals surface area contributed by atoms with Crippen LogP contribution in [0.15, 0.2) is 83.8 Å². The van der Waals surface area contributed by atoms with Gasteiger partial charge in [-0.3, -0.25) is 4.79 Å². The van der Waals surface area contributed by atoms with Crippen molar-refractivity contribution < 1.29 is 9.18 Å².